The van der Waals surface area contributed by atoms with Crippen molar-refractivity contribution in [2.45, 2.75) is 45.0 Å². The number of ether oxygens (including phenoxy) is 1. The number of esters is 1. The number of carbonyl (C=O) groups is 1. The predicted molar refractivity (Wildman–Crippen MR) is 108 cm³/mol. The van der Waals surface area contributed by atoms with E-state index in [-0.39, 0.29) is 5.97 Å². The highest BCUT2D eigenvalue weighted by Gasteiger charge is 2.37. The molecule has 0 unspecified atom stereocenters. The van der Waals surface area contributed by atoms with Crippen LogP contribution >= 0.6 is 23.6 Å². The fraction of sp³-hybridized carbons (Fsp3) is 0.500. The number of likely N-dealkylation sites (tertiary alicyclic amines) is 1. The topological polar surface area (TPSA) is 79.6 Å². The summed E-state index contributed by atoms with van der Waals surface area (Å²) >= 11 is 6.78. The van der Waals surface area contributed by atoms with Gasteiger partial charge in [0.1, 0.15) is 6.04 Å². The van der Waals surface area contributed by atoms with Crippen molar-refractivity contribution >= 4 is 40.3 Å². The van der Waals surface area contributed by atoms with Crippen LogP contribution < -0.4 is 5.32 Å². The molecule has 7 nitrogen and oxygen atoms in total. The SMILES string of the molecule is COC(=O)[C@@H]1C[C@@H](O)CN1Cn1nc(Nc2ccc(C(C)C)cc2)sc1=S. The summed E-state index contributed by atoms with van der Waals surface area (Å²) in [6, 6.07) is 7.75. The van der Waals surface area contributed by atoms with Gasteiger partial charge in [-0.25, -0.2) is 4.68 Å². The highest BCUT2D eigenvalue weighted by Crippen LogP contribution is 2.24. The molecule has 2 atom stereocenters. The lowest BCUT2D eigenvalue weighted by molar-refractivity contribution is -0.146. The van der Waals surface area contributed by atoms with Gasteiger partial charge in [0, 0.05) is 18.7 Å². The van der Waals surface area contributed by atoms with E-state index in [1.165, 1.54) is 24.0 Å². The zero-order chi connectivity index (χ0) is 19.6. The number of benzene rings is 1. The first-order valence-electron chi connectivity index (χ1n) is 8.82. The molecule has 3 rings (SSSR count). The number of rotatable bonds is 6. The van der Waals surface area contributed by atoms with Crippen LogP contribution in [0.25, 0.3) is 0 Å². The lowest BCUT2D eigenvalue weighted by Gasteiger charge is -2.21. The number of hydrogen-bond acceptors (Lipinski definition) is 8. The van der Waals surface area contributed by atoms with Crippen LogP contribution in [-0.4, -0.2) is 51.6 Å². The molecule has 1 aromatic heterocycles. The van der Waals surface area contributed by atoms with Gasteiger partial charge in [-0.3, -0.25) is 9.69 Å². The molecule has 1 aromatic carbocycles. The standard InChI is InChI=1S/C18H24N4O3S2/c1-11(2)12-4-6-13(7-5-12)19-17-20-22(18(26)27-17)10-21-9-14(23)8-15(21)16(24)25-3/h4-7,11,14-15,23H,8-10H2,1-3H3,(H,19,20)/t14-,15+/m1/s1. The van der Waals surface area contributed by atoms with E-state index in [0.29, 0.717) is 34.6 Å². The van der Waals surface area contributed by atoms with Crippen LogP contribution in [0, 0.1) is 3.95 Å². The Hall–Kier alpha value is -1.81. The van der Waals surface area contributed by atoms with Gasteiger partial charge in [0.2, 0.25) is 5.13 Å². The fourth-order valence-corrected chi connectivity index (χ4v) is 4.12. The summed E-state index contributed by atoms with van der Waals surface area (Å²) in [4.78, 5) is 13.8. The number of methoxy groups -OCH3 is 1. The van der Waals surface area contributed by atoms with Crippen molar-refractivity contribution in [3.63, 3.8) is 0 Å². The third kappa shape index (κ3) is 4.73. The molecule has 0 aliphatic carbocycles. The third-order valence-corrected chi connectivity index (χ3v) is 5.83. The van der Waals surface area contributed by atoms with E-state index in [9.17, 15) is 9.90 Å². The minimum atomic E-state index is -0.557. The average molecular weight is 409 g/mol. The smallest absolute Gasteiger partial charge is 0.323 e. The number of aliphatic hydroxyl groups is 1. The van der Waals surface area contributed by atoms with Gasteiger partial charge in [-0.1, -0.05) is 37.3 Å². The van der Waals surface area contributed by atoms with Crippen LogP contribution in [0.1, 0.15) is 31.7 Å². The van der Waals surface area contributed by atoms with Gasteiger partial charge < -0.3 is 15.2 Å². The zero-order valence-electron chi connectivity index (χ0n) is 15.6. The molecule has 0 amide bonds. The van der Waals surface area contributed by atoms with E-state index in [0.717, 1.165) is 5.69 Å². The number of hydrogen-bond donors (Lipinski definition) is 2. The molecule has 2 heterocycles. The molecule has 0 saturated carbocycles. The molecule has 2 aromatic rings. The van der Waals surface area contributed by atoms with E-state index >= 15 is 0 Å². The average Bonchev–Trinajstić information content (AvgIpc) is 3.17. The quantitative estimate of drug-likeness (QED) is 0.562. The van der Waals surface area contributed by atoms with Gasteiger partial charge >= 0.3 is 5.97 Å². The van der Waals surface area contributed by atoms with E-state index < -0.39 is 12.1 Å². The Bertz CT molecular complexity index is 847. The van der Waals surface area contributed by atoms with Crippen molar-refractivity contribution in [2.75, 3.05) is 19.0 Å². The lowest BCUT2D eigenvalue weighted by atomic mass is 10.0. The van der Waals surface area contributed by atoms with Gasteiger partial charge in [0.15, 0.2) is 3.95 Å². The maximum absolute atomic E-state index is 11.9. The first kappa shape index (κ1) is 19.9. The molecule has 1 fully saturated rings. The number of nitrogens with zero attached hydrogens (tertiary/aromatic N) is 3. The minimum Gasteiger partial charge on any atom is -0.468 e. The number of aromatic nitrogens is 2. The first-order chi connectivity index (χ1) is 12.9. The second-order valence-corrected chi connectivity index (χ2v) is 8.54. The number of carbonyl (C=O) groups excluding carboxylic acids is 1. The molecule has 9 heteroatoms. The summed E-state index contributed by atoms with van der Waals surface area (Å²) in [6.07, 6.45) is -0.198. The second kappa shape index (κ2) is 8.47. The van der Waals surface area contributed by atoms with Crippen molar-refractivity contribution in [3.05, 3.63) is 33.8 Å². The summed E-state index contributed by atoms with van der Waals surface area (Å²) in [7, 11) is 1.35. The molecular formula is C18H24N4O3S2. The van der Waals surface area contributed by atoms with Crippen molar-refractivity contribution in [1.29, 1.82) is 0 Å². The molecule has 146 valence electrons. The Kier molecular flexibility index (Phi) is 6.25. The summed E-state index contributed by atoms with van der Waals surface area (Å²) in [5, 5.41) is 18.4. The van der Waals surface area contributed by atoms with Crippen LogP contribution in [-0.2, 0) is 16.2 Å². The van der Waals surface area contributed by atoms with Crippen molar-refractivity contribution in [1.82, 2.24) is 14.7 Å². The van der Waals surface area contributed by atoms with Crippen molar-refractivity contribution in [2.24, 2.45) is 0 Å². The van der Waals surface area contributed by atoms with E-state index in [1.54, 1.807) is 4.68 Å². The van der Waals surface area contributed by atoms with E-state index in [2.05, 4.69) is 36.4 Å². The summed E-state index contributed by atoms with van der Waals surface area (Å²) in [6.45, 7) is 5.04. The molecule has 1 aliphatic rings. The van der Waals surface area contributed by atoms with Crippen molar-refractivity contribution < 1.29 is 14.6 Å². The molecule has 0 bridgehead atoms. The Labute approximate surface area is 167 Å². The molecular weight excluding hydrogens is 384 g/mol. The van der Waals surface area contributed by atoms with Crippen LogP contribution in [0.15, 0.2) is 24.3 Å². The Morgan fingerprint density at radius 3 is 2.78 bits per heavy atom. The van der Waals surface area contributed by atoms with Gasteiger partial charge in [0.05, 0.1) is 19.9 Å². The molecule has 1 aliphatic heterocycles. The first-order valence-corrected chi connectivity index (χ1v) is 10.0. The third-order valence-electron chi connectivity index (χ3n) is 4.61. The van der Waals surface area contributed by atoms with Gasteiger partial charge in [0.25, 0.3) is 0 Å². The Morgan fingerprint density at radius 2 is 2.15 bits per heavy atom. The molecule has 0 spiro atoms. The van der Waals surface area contributed by atoms with E-state index in [4.69, 9.17) is 17.0 Å². The lowest BCUT2D eigenvalue weighted by Crippen LogP contribution is -2.38. The predicted octanol–water partition coefficient (Wildman–Crippen LogP) is 3.11. The summed E-state index contributed by atoms with van der Waals surface area (Å²) in [5.74, 6) is 0.135. The Balaban J connectivity index is 1.71. The maximum atomic E-state index is 11.9. The molecule has 1 saturated heterocycles. The fourth-order valence-electron chi connectivity index (χ4n) is 3.11. The van der Waals surface area contributed by atoms with Crippen LogP contribution in [0.5, 0.6) is 0 Å². The zero-order valence-corrected chi connectivity index (χ0v) is 17.2. The van der Waals surface area contributed by atoms with Gasteiger partial charge in [-0.2, -0.15) is 0 Å². The summed E-state index contributed by atoms with van der Waals surface area (Å²) in [5.41, 5.74) is 2.22. The summed E-state index contributed by atoms with van der Waals surface area (Å²) < 4.78 is 7.10. The molecule has 27 heavy (non-hydrogen) atoms. The second-order valence-electron chi connectivity index (χ2n) is 6.92. The number of anilines is 2. The highest BCUT2D eigenvalue weighted by molar-refractivity contribution is 7.73. The van der Waals surface area contributed by atoms with Crippen LogP contribution in [0.3, 0.4) is 0 Å². The Morgan fingerprint density at radius 1 is 1.44 bits per heavy atom. The van der Waals surface area contributed by atoms with Crippen LogP contribution in [0.2, 0.25) is 0 Å². The van der Waals surface area contributed by atoms with Gasteiger partial charge in [-0.05, 0) is 35.8 Å². The highest BCUT2D eigenvalue weighted by atomic mass is 32.1. The van der Waals surface area contributed by atoms with Crippen LogP contribution in [0.4, 0.5) is 10.8 Å². The molecule has 2 N–H and O–H groups in total. The number of β-amino-alcohol motifs (C(OH)–C–C–N with tert-alkyl or cyclic N) is 1. The normalized spacial score (nSPS) is 20.2. The molecule has 0 radical (unpaired) electrons. The largest absolute Gasteiger partial charge is 0.468 e. The monoisotopic (exact) mass is 408 g/mol. The van der Waals surface area contributed by atoms with Crippen molar-refractivity contribution in [3.8, 4) is 0 Å². The number of nitrogens with one attached hydrogen (secondary N) is 1. The maximum Gasteiger partial charge on any atom is 0.323 e. The number of aliphatic hydroxyl groups excluding tert-OH is 1. The van der Waals surface area contributed by atoms with E-state index in [1.807, 2.05) is 17.0 Å². The van der Waals surface area contributed by atoms with Gasteiger partial charge in [-0.15, -0.1) is 5.10 Å². The minimum absolute atomic E-state index is 0.333.